The van der Waals surface area contributed by atoms with Crippen molar-refractivity contribution in [1.82, 2.24) is 19.2 Å². The monoisotopic (exact) mass is 402 g/mol. The average Bonchev–Trinajstić information content (AvgIpc) is 2.71. The van der Waals surface area contributed by atoms with Gasteiger partial charge in [-0.1, -0.05) is 0 Å². The highest BCUT2D eigenvalue weighted by atomic mass is 32.2. The lowest BCUT2D eigenvalue weighted by atomic mass is 9.84. The molecule has 0 unspecified atom stereocenters. The maximum Gasteiger partial charge on any atom is 0.254 e. The fourth-order valence-corrected chi connectivity index (χ4v) is 5.77. The molecule has 2 aromatic rings. The lowest BCUT2D eigenvalue weighted by Crippen LogP contribution is -2.57. The molecule has 2 atom stereocenters. The van der Waals surface area contributed by atoms with Crippen molar-refractivity contribution < 1.29 is 13.2 Å². The minimum atomic E-state index is -3.25. The summed E-state index contributed by atoms with van der Waals surface area (Å²) < 4.78 is 26.7. The second-order valence-corrected chi connectivity index (χ2v) is 10.5. The van der Waals surface area contributed by atoms with Gasteiger partial charge in [0.2, 0.25) is 10.0 Å². The van der Waals surface area contributed by atoms with Crippen molar-refractivity contribution in [1.29, 1.82) is 0 Å². The first-order chi connectivity index (χ1) is 13.4. The molecule has 0 aliphatic carbocycles. The number of nitrogens with zero attached hydrogens (tertiary/aromatic N) is 4. The molecular weight excluding hydrogens is 376 g/mol. The summed E-state index contributed by atoms with van der Waals surface area (Å²) in [4.78, 5) is 23.7. The highest BCUT2D eigenvalue weighted by Gasteiger charge is 2.41. The maximum absolute atomic E-state index is 13.2. The van der Waals surface area contributed by atoms with Crippen LogP contribution in [0.4, 0.5) is 0 Å². The number of fused-ring (bicyclic) bond motifs is 2. The summed E-state index contributed by atoms with van der Waals surface area (Å²) in [6.07, 6.45) is 5.81. The zero-order valence-corrected chi connectivity index (χ0v) is 17.1. The molecule has 2 aliphatic rings. The number of rotatable bonds is 3. The Balaban J connectivity index is 1.55. The van der Waals surface area contributed by atoms with Crippen LogP contribution in [0.3, 0.4) is 0 Å². The highest BCUT2D eigenvalue weighted by molar-refractivity contribution is 7.89. The third kappa shape index (κ3) is 3.39. The van der Waals surface area contributed by atoms with Gasteiger partial charge >= 0.3 is 0 Å². The van der Waals surface area contributed by atoms with Gasteiger partial charge in [-0.3, -0.25) is 14.8 Å². The number of hydrogen-bond acceptors (Lipinski definition) is 5. The molecule has 4 rings (SSSR count). The van der Waals surface area contributed by atoms with E-state index in [1.54, 1.807) is 42.7 Å². The number of aromatic nitrogens is 2. The first-order valence-electron chi connectivity index (χ1n) is 9.88. The molecule has 0 saturated carbocycles. The van der Waals surface area contributed by atoms with Crippen LogP contribution >= 0.6 is 0 Å². The van der Waals surface area contributed by atoms with Crippen molar-refractivity contribution in [2.24, 2.45) is 5.92 Å². The van der Waals surface area contributed by atoms with Crippen molar-refractivity contribution in [3.8, 4) is 0 Å². The zero-order chi connectivity index (χ0) is 19.9. The van der Waals surface area contributed by atoms with Crippen LogP contribution in [0.15, 0.2) is 30.6 Å². The Morgan fingerprint density at radius 1 is 1.11 bits per heavy atom. The smallest absolute Gasteiger partial charge is 0.254 e. The first-order valence-corrected chi connectivity index (χ1v) is 11.4. The number of benzene rings is 1. The molecule has 0 N–H and O–H groups in total. The van der Waals surface area contributed by atoms with E-state index in [9.17, 15) is 13.2 Å². The second-order valence-electron chi connectivity index (χ2n) is 7.97. The predicted octanol–water partition coefficient (Wildman–Crippen LogP) is 2.29. The fourth-order valence-electron chi connectivity index (χ4n) is 4.41. The maximum atomic E-state index is 13.2. The van der Waals surface area contributed by atoms with Gasteiger partial charge in [-0.15, -0.1) is 0 Å². The summed E-state index contributed by atoms with van der Waals surface area (Å²) in [5.74, 6) is 0.197. The Labute approximate surface area is 165 Å². The third-order valence-electron chi connectivity index (χ3n) is 5.96. The molecule has 1 amide bonds. The normalized spacial score (nSPS) is 23.8. The summed E-state index contributed by atoms with van der Waals surface area (Å²) in [5.41, 5.74) is 2.09. The van der Waals surface area contributed by atoms with Gasteiger partial charge in [-0.05, 0) is 57.2 Å². The summed E-state index contributed by atoms with van der Waals surface area (Å²) in [6, 6.07) is 5.53. The van der Waals surface area contributed by atoms with Gasteiger partial charge in [0.25, 0.3) is 5.91 Å². The number of carbonyl (C=O) groups excluding carboxylic acids is 1. The molecule has 3 heterocycles. The van der Waals surface area contributed by atoms with E-state index in [-0.39, 0.29) is 17.9 Å². The van der Waals surface area contributed by atoms with Crippen LogP contribution in [0.2, 0.25) is 0 Å². The molecule has 0 spiro atoms. The lowest BCUT2D eigenvalue weighted by Gasteiger charge is -2.47. The number of hydrogen-bond donors (Lipinski definition) is 0. The number of carbonyl (C=O) groups is 1. The van der Waals surface area contributed by atoms with Gasteiger partial charge in [0.1, 0.15) is 0 Å². The molecule has 0 radical (unpaired) electrons. The molecule has 2 fully saturated rings. The third-order valence-corrected chi connectivity index (χ3v) is 8.21. The van der Waals surface area contributed by atoms with Crippen LogP contribution in [-0.2, 0) is 10.0 Å². The number of likely N-dealkylation sites (tertiary alicyclic amines) is 1. The topological polar surface area (TPSA) is 83.5 Å². The summed E-state index contributed by atoms with van der Waals surface area (Å²) >= 11 is 0. The highest BCUT2D eigenvalue weighted by Crippen LogP contribution is 2.33. The standard InChI is InChI=1S/C20H26N4O3S/c1-14(2)28(26,27)23-11-7-19-16(13-23)4-3-10-24(19)20(25)15-5-6-17-18(12-15)22-9-8-21-17/h5-6,8-9,12,14,16,19H,3-4,7,10-11,13H2,1-2H3/t16-,19-/m1/s1. The molecule has 7 nitrogen and oxygen atoms in total. The minimum Gasteiger partial charge on any atom is -0.335 e. The van der Waals surface area contributed by atoms with E-state index in [2.05, 4.69) is 9.97 Å². The molecule has 2 aliphatic heterocycles. The van der Waals surface area contributed by atoms with Crippen LogP contribution in [0.25, 0.3) is 11.0 Å². The van der Waals surface area contributed by atoms with E-state index in [4.69, 9.17) is 0 Å². The van der Waals surface area contributed by atoms with Gasteiger partial charge in [0, 0.05) is 43.6 Å². The SMILES string of the molecule is CC(C)S(=O)(=O)N1CC[C@@H]2[C@H](CCCN2C(=O)c2ccc3nccnc3c2)C1. The molecule has 28 heavy (non-hydrogen) atoms. The Morgan fingerprint density at radius 3 is 2.61 bits per heavy atom. The van der Waals surface area contributed by atoms with Crippen molar-refractivity contribution >= 4 is 27.0 Å². The van der Waals surface area contributed by atoms with Gasteiger partial charge in [0.15, 0.2) is 0 Å². The van der Waals surface area contributed by atoms with Gasteiger partial charge in [-0.2, -0.15) is 0 Å². The van der Waals surface area contributed by atoms with Gasteiger partial charge in [-0.25, -0.2) is 12.7 Å². The Bertz CT molecular complexity index is 992. The van der Waals surface area contributed by atoms with E-state index in [1.807, 2.05) is 11.0 Å². The van der Waals surface area contributed by atoms with Crippen LogP contribution in [0.5, 0.6) is 0 Å². The van der Waals surface area contributed by atoms with Crippen LogP contribution in [0, 0.1) is 5.92 Å². The van der Waals surface area contributed by atoms with Crippen LogP contribution < -0.4 is 0 Å². The fraction of sp³-hybridized carbons (Fsp3) is 0.550. The average molecular weight is 403 g/mol. The molecular formula is C20H26N4O3S. The van der Waals surface area contributed by atoms with E-state index in [1.165, 1.54) is 0 Å². The molecule has 1 aromatic heterocycles. The molecule has 0 bridgehead atoms. The van der Waals surface area contributed by atoms with Crippen molar-refractivity contribution in [2.45, 2.75) is 44.4 Å². The van der Waals surface area contributed by atoms with E-state index < -0.39 is 15.3 Å². The Kier molecular flexibility index (Phi) is 5.09. The summed E-state index contributed by atoms with van der Waals surface area (Å²) in [5, 5.41) is -0.413. The van der Waals surface area contributed by atoms with Crippen LogP contribution in [-0.4, -0.2) is 64.4 Å². The zero-order valence-electron chi connectivity index (χ0n) is 16.3. The first kappa shape index (κ1) is 19.3. The summed E-state index contributed by atoms with van der Waals surface area (Å²) in [6.45, 7) is 5.16. The van der Waals surface area contributed by atoms with E-state index in [0.29, 0.717) is 30.6 Å². The molecule has 8 heteroatoms. The Hall–Kier alpha value is -2.06. The van der Waals surface area contributed by atoms with Crippen LogP contribution in [0.1, 0.15) is 43.5 Å². The van der Waals surface area contributed by atoms with E-state index >= 15 is 0 Å². The van der Waals surface area contributed by atoms with Crippen molar-refractivity contribution in [3.05, 3.63) is 36.2 Å². The van der Waals surface area contributed by atoms with Gasteiger partial charge in [0.05, 0.1) is 16.3 Å². The molecule has 2 saturated heterocycles. The quantitative estimate of drug-likeness (QED) is 0.787. The molecule has 150 valence electrons. The number of piperidine rings is 2. The predicted molar refractivity (Wildman–Crippen MR) is 107 cm³/mol. The van der Waals surface area contributed by atoms with Gasteiger partial charge < -0.3 is 4.90 Å². The van der Waals surface area contributed by atoms with Crippen molar-refractivity contribution in [3.63, 3.8) is 0 Å². The lowest BCUT2D eigenvalue weighted by molar-refractivity contribution is 0.0334. The van der Waals surface area contributed by atoms with Crippen molar-refractivity contribution in [2.75, 3.05) is 19.6 Å². The number of sulfonamides is 1. The van der Waals surface area contributed by atoms with E-state index in [0.717, 1.165) is 24.9 Å². The Morgan fingerprint density at radius 2 is 1.86 bits per heavy atom. The second kappa shape index (κ2) is 7.40. The molecule has 1 aromatic carbocycles. The summed E-state index contributed by atoms with van der Waals surface area (Å²) in [7, 11) is -3.25. The minimum absolute atomic E-state index is 0.00224. The largest absolute Gasteiger partial charge is 0.335 e. The number of amides is 1.